The summed E-state index contributed by atoms with van der Waals surface area (Å²) >= 11 is 0. The zero-order chi connectivity index (χ0) is 16.4. The van der Waals surface area contributed by atoms with Crippen molar-refractivity contribution < 1.29 is 14.4 Å². The number of nitrogens with zero attached hydrogens (tertiary/aromatic N) is 1. The van der Waals surface area contributed by atoms with Crippen LogP contribution in [0.2, 0.25) is 0 Å². The first-order chi connectivity index (χ1) is 11.0. The van der Waals surface area contributed by atoms with Gasteiger partial charge in [0.1, 0.15) is 6.04 Å². The third-order valence-corrected chi connectivity index (χ3v) is 3.91. The maximum atomic E-state index is 12.3. The number of urea groups is 1. The molecule has 122 valence electrons. The van der Waals surface area contributed by atoms with E-state index in [0.717, 1.165) is 12.8 Å². The Kier molecular flexibility index (Phi) is 4.18. The van der Waals surface area contributed by atoms with Gasteiger partial charge in [0, 0.05) is 30.4 Å². The molecule has 2 fully saturated rings. The molecule has 0 aromatic heterocycles. The van der Waals surface area contributed by atoms with Crippen molar-refractivity contribution in [1.29, 1.82) is 0 Å². The van der Waals surface area contributed by atoms with E-state index < -0.39 is 6.04 Å². The van der Waals surface area contributed by atoms with E-state index in [1.807, 2.05) is 0 Å². The van der Waals surface area contributed by atoms with Gasteiger partial charge in [-0.25, -0.2) is 4.79 Å². The number of benzene rings is 1. The van der Waals surface area contributed by atoms with E-state index >= 15 is 0 Å². The highest BCUT2D eigenvalue weighted by Gasteiger charge is 2.29. The fourth-order valence-corrected chi connectivity index (χ4v) is 2.47. The molecule has 23 heavy (non-hydrogen) atoms. The van der Waals surface area contributed by atoms with Gasteiger partial charge in [-0.1, -0.05) is 6.07 Å². The molecule has 1 aromatic rings. The number of hydrogen-bond acceptors (Lipinski definition) is 4. The predicted octanol–water partition coefficient (Wildman–Crippen LogP) is 0.931. The third kappa shape index (κ3) is 3.61. The fraction of sp³-hybridized carbons (Fsp3) is 0.438. The average molecular weight is 316 g/mol. The summed E-state index contributed by atoms with van der Waals surface area (Å²) < 4.78 is 0. The highest BCUT2D eigenvalue weighted by molar-refractivity contribution is 5.99. The first-order valence-corrected chi connectivity index (χ1v) is 7.81. The maximum Gasteiger partial charge on any atom is 0.324 e. The lowest BCUT2D eigenvalue weighted by atomic mass is 10.1. The Morgan fingerprint density at radius 1 is 1.35 bits per heavy atom. The average Bonchev–Trinajstić information content (AvgIpc) is 3.25. The SMILES string of the molecule is C[C@H](Nc1cccc(C(=O)NC2CC2)c1)C(=O)N1CCNC1=O. The number of hydrogen-bond donors (Lipinski definition) is 3. The van der Waals surface area contributed by atoms with E-state index in [-0.39, 0.29) is 17.8 Å². The van der Waals surface area contributed by atoms with Crippen molar-refractivity contribution >= 4 is 23.5 Å². The van der Waals surface area contributed by atoms with Crippen LogP contribution in [-0.4, -0.2) is 47.9 Å². The van der Waals surface area contributed by atoms with Crippen molar-refractivity contribution in [1.82, 2.24) is 15.5 Å². The van der Waals surface area contributed by atoms with Crippen molar-refractivity contribution in [2.75, 3.05) is 18.4 Å². The summed E-state index contributed by atoms with van der Waals surface area (Å²) in [4.78, 5) is 37.0. The van der Waals surface area contributed by atoms with Crippen LogP contribution in [0.3, 0.4) is 0 Å². The van der Waals surface area contributed by atoms with Crippen molar-refractivity contribution in [2.24, 2.45) is 0 Å². The van der Waals surface area contributed by atoms with Crippen molar-refractivity contribution in [3.05, 3.63) is 29.8 Å². The second kappa shape index (κ2) is 6.28. The number of amides is 4. The summed E-state index contributed by atoms with van der Waals surface area (Å²) in [5, 5.41) is 8.58. The Labute approximate surface area is 134 Å². The minimum atomic E-state index is -0.555. The molecule has 4 amide bonds. The zero-order valence-electron chi connectivity index (χ0n) is 13.0. The van der Waals surface area contributed by atoms with E-state index in [4.69, 9.17) is 0 Å². The van der Waals surface area contributed by atoms with Gasteiger partial charge in [-0.2, -0.15) is 0 Å². The quantitative estimate of drug-likeness (QED) is 0.754. The Bertz CT molecular complexity index is 642. The largest absolute Gasteiger partial charge is 0.374 e. The molecule has 2 aliphatic rings. The number of nitrogens with one attached hydrogen (secondary N) is 3. The van der Waals surface area contributed by atoms with Crippen LogP contribution >= 0.6 is 0 Å². The van der Waals surface area contributed by atoms with Crippen LogP contribution in [0.1, 0.15) is 30.1 Å². The van der Waals surface area contributed by atoms with Crippen LogP contribution in [0.15, 0.2) is 24.3 Å². The van der Waals surface area contributed by atoms with Gasteiger partial charge in [-0.05, 0) is 38.0 Å². The first kappa shape index (κ1) is 15.3. The zero-order valence-corrected chi connectivity index (χ0v) is 13.0. The van der Waals surface area contributed by atoms with Gasteiger partial charge in [0.05, 0.1) is 0 Å². The second-order valence-electron chi connectivity index (χ2n) is 5.92. The molecule has 0 unspecified atom stereocenters. The number of imide groups is 1. The molecule has 1 saturated heterocycles. The van der Waals surface area contributed by atoms with Crippen molar-refractivity contribution in [2.45, 2.75) is 31.8 Å². The van der Waals surface area contributed by atoms with E-state index in [1.54, 1.807) is 31.2 Å². The van der Waals surface area contributed by atoms with Gasteiger partial charge in [-0.15, -0.1) is 0 Å². The summed E-state index contributed by atoms with van der Waals surface area (Å²) in [6.07, 6.45) is 2.07. The van der Waals surface area contributed by atoms with Crippen LogP contribution in [0.4, 0.5) is 10.5 Å². The summed E-state index contributed by atoms with van der Waals surface area (Å²) in [6, 6.07) is 6.40. The molecule has 7 nitrogen and oxygen atoms in total. The Hall–Kier alpha value is -2.57. The summed E-state index contributed by atoms with van der Waals surface area (Å²) in [5.74, 6) is -0.387. The Morgan fingerprint density at radius 2 is 2.13 bits per heavy atom. The number of carbonyl (C=O) groups is 3. The molecule has 3 rings (SSSR count). The maximum absolute atomic E-state index is 12.3. The monoisotopic (exact) mass is 316 g/mol. The molecule has 0 spiro atoms. The number of carbonyl (C=O) groups excluding carboxylic acids is 3. The van der Waals surface area contributed by atoms with Gasteiger partial charge in [0.25, 0.3) is 11.8 Å². The minimum absolute atomic E-state index is 0.103. The molecule has 1 heterocycles. The third-order valence-electron chi connectivity index (χ3n) is 3.91. The molecule has 1 saturated carbocycles. The molecule has 1 aliphatic heterocycles. The molecule has 1 aromatic carbocycles. The lowest BCUT2D eigenvalue weighted by Crippen LogP contribution is -2.43. The van der Waals surface area contributed by atoms with E-state index in [9.17, 15) is 14.4 Å². The van der Waals surface area contributed by atoms with Crippen LogP contribution in [0.5, 0.6) is 0 Å². The van der Waals surface area contributed by atoms with Gasteiger partial charge in [0.2, 0.25) is 0 Å². The van der Waals surface area contributed by atoms with E-state index in [2.05, 4.69) is 16.0 Å². The molecule has 1 aliphatic carbocycles. The van der Waals surface area contributed by atoms with Crippen LogP contribution < -0.4 is 16.0 Å². The first-order valence-electron chi connectivity index (χ1n) is 7.81. The fourth-order valence-electron chi connectivity index (χ4n) is 2.47. The highest BCUT2D eigenvalue weighted by atomic mass is 16.2. The van der Waals surface area contributed by atoms with Gasteiger partial charge in [0.15, 0.2) is 0 Å². The Morgan fingerprint density at radius 3 is 2.78 bits per heavy atom. The molecule has 3 N–H and O–H groups in total. The highest BCUT2D eigenvalue weighted by Crippen LogP contribution is 2.20. The molecule has 7 heteroatoms. The molecular weight excluding hydrogens is 296 g/mol. The Balaban J connectivity index is 1.63. The van der Waals surface area contributed by atoms with E-state index in [0.29, 0.717) is 30.4 Å². The minimum Gasteiger partial charge on any atom is -0.374 e. The van der Waals surface area contributed by atoms with Gasteiger partial charge in [-0.3, -0.25) is 14.5 Å². The lowest BCUT2D eigenvalue weighted by molar-refractivity contribution is -0.128. The van der Waals surface area contributed by atoms with E-state index in [1.165, 1.54) is 4.90 Å². The summed E-state index contributed by atoms with van der Waals surface area (Å²) in [6.45, 7) is 2.56. The summed E-state index contributed by atoms with van der Waals surface area (Å²) in [5.41, 5.74) is 1.23. The van der Waals surface area contributed by atoms with Crippen LogP contribution in [0, 0.1) is 0 Å². The van der Waals surface area contributed by atoms with Gasteiger partial charge < -0.3 is 16.0 Å². The van der Waals surface area contributed by atoms with Gasteiger partial charge >= 0.3 is 6.03 Å². The smallest absolute Gasteiger partial charge is 0.324 e. The van der Waals surface area contributed by atoms with Crippen LogP contribution in [-0.2, 0) is 4.79 Å². The van der Waals surface area contributed by atoms with Crippen molar-refractivity contribution in [3.8, 4) is 0 Å². The predicted molar refractivity (Wildman–Crippen MR) is 85.1 cm³/mol. The molecular formula is C16H20N4O3. The molecule has 0 radical (unpaired) electrons. The topological polar surface area (TPSA) is 90.5 Å². The van der Waals surface area contributed by atoms with Crippen molar-refractivity contribution in [3.63, 3.8) is 0 Å². The number of anilines is 1. The lowest BCUT2D eigenvalue weighted by Gasteiger charge is -2.20. The summed E-state index contributed by atoms with van der Waals surface area (Å²) in [7, 11) is 0. The normalized spacial score (nSPS) is 18.3. The molecule has 1 atom stereocenters. The second-order valence-corrected chi connectivity index (χ2v) is 5.92. The molecule has 0 bridgehead atoms. The number of rotatable bonds is 5. The standard InChI is InChI=1S/C16H20N4O3/c1-10(15(22)20-8-7-17-16(20)23)18-13-4-2-3-11(9-13)14(21)19-12-5-6-12/h2-4,9-10,12,18H,5-8H2,1H3,(H,17,23)(H,19,21)/t10-/m0/s1. The van der Waals surface area contributed by atoms with Crippen LogP contribution in [0.25, 0.3) is 0 Å².